The maximum atomic E-state index is 13.2. The van der Waals surface area contributed by atoms with E-state index in [0.29, 0.717) is 16.4 Å². The van der Waals surface area contributed by atoms with E-state index in [1.807, 2.05) is 25.1 Å². The molecule has 1 heterocycles. The van der Waals surface area contributed by atoms with E-state index in [2.05, 4.69) is 0 Å². The molecule has 2 aromatic carbocycles. The summed E-state index contributed by atoms with van der Waals surface area (Å²) in [4.78, 5) is 0. The standard InChI is InChI=1S/C16H13ClFNO/c1-9-7-11(18)5-6-12(9)15(19)14-8-10-3-2-4-13(17)16(10)20-14/h2-8,15H,19H2,1H3. The molecular formula is C16H13ClFNO. The van der Waals surface area contributed by atoms with Crippen molar-refractivity contribution in [1.29, 1.82) is 0 Å². The zero-order valence-corrected chi connectivity index (χ0v) is 11.6. The Kier molecular flexibility index (Phi) is 3.24. The van der Waals surface area contributed by atoms with Crippen molar-refractivity contribution in [3.63, 3.8) is 0 Å². The SMILES string of the molecule is Cc1cc(F)ccc1C(N)c1cc2cccc(Cl)c2o1. The number of benzene rings is 2. The lowest BCUT2D eigenvalue weighted by Gasteiger charge is -2.12. The minimum Gasteiger partial charge on any atom is -0.457 e. The van der Waals surface area contributed by atoms with E-state index >= 15 is 0 Å². The minimum absolute atomic E-state index is 0.272. The van der Waals surface area contributed by atoms with Crippen molar-refractivity contribution >= 4 is 22.6 Å². The Hall–Kier alpha value is -1.84. The average molecular weight is 290 g/mol. The number of halogens is 2. The van der Waals surface area contributed by atoms with Crippen LogP contribution in [0.15, 0.2) is 46.9 Å². The largest absolute Gasteiger partial charge is 0.457 e. The summed E-state index contributed by atoms with van der Waals surface area (Å²) >= 11 is 6.09. The number of fused-ring (bicyclic) bond motifs is 1. The summed E-state index contributed by atoms with van der Waals surface area (Å²) in [5, 5.41) is 1.46. The highest BCUT2D eigenvalue weighted by molar-refractivity contribution is 6.34. The Morgan fingerprint density at radius 2 is 2.00 bits per heavy atom. The molecule has 0 radical (unpaired) electrons. The van der Waals surface area contributed by atoms with Crippen LogP contribution in [-0.4, -0.2) is 0 Å². The number of hydrogen-bond donors (Lipinski definition) is 1. The van der Waals surface area contributed by atoms with Gasteiger partial charge >= 0.3 is 0 Å². The van der Waals surface area contributed by atoms with Crippen LogP contribution in [0.1, 0.15) is 22.9 Å². The van der Waals surface area contributed by atoms with Crippen molar-refractivity contribution in [2.45, 2.75) is 13.0 Å². The Bertz CT molecular complexity index is 781. The highest BCUT2D eigenvalue weighted by Crippen LogP contribution is 2.31. The van der Waals surface area contributed by atoms with Crippen molar-refractivity contribution in [3.05, 3.63) is 70.2 Å². The zero-order chi connectivity index (χ0) is 14.3. The summed E-state index contributed by atoms with van der Waals surface area (Å²) in [6, 6.07) is 11.5. The molecule has 2 nitrogen and oxygen atoms in total. The first-order chi connectivity index (χ1) is 9.56. The van der Waals surface area contributed by atoms with Crippen molar-refractivity contribution in [2.24, 2.45) is 5.73 Å². The second-order valence-electron chi connectivity index (χ2n) is 4.79. The lowest BCUT2D eigenvalue weighted by Crippen LogP contribution is -2.12. The van der Waals surface area contributed by atoms with Gasteiger partial charge < -0.3 is 10.2 Å². The number of hydrogen-bond acceptors (Lipinski definition) is 2. The summed E-state index contributed by atoms with van der Waals surface area (Å²) in [6.45, 7) is 1.83. The fourth-order valence-electron chi connectivity index (χ4n) is 2.34. The Labute approximate surface area is 121 Å². The van der Waals surface area contributed by atoms with Gasteiger partial charge in [-0.3, -0.25) is 0 Å². The molecule has 20 heavy (non-hydrogen) atoms. The molecule has 0 amide bonds. The number of para-hydroxylation sites is 1. The fraction of sp³-hybridized carbons (Fsp3) is 0.125. The van der Waals surface area contributed by atoms with Gasteiger partial charge in [-0.05, 0) is 42.3 Å². The molecule has 0 saturated heterocycles. The van der Waals surface area contributed by atoms with Crippen LogP contribution in [0.25, 0.3) is 11.0 Å². The van der Waals surface area contributed by atoms with Gasteiger partial charge in [-0.2, -0.15) is 0 Å². The number of rotatable bonds is 2. The predicted octanol–water partition coefficient (Wildman–Crippen LogP) is 4.58. The summed E-state index contributed by atoms with van der Waals surface area (Å²) < 4.78 is 18.9. The summed E-state index contributed by atoms with van der Waals surface area (Å²) in [5.74, 6) is 0.342. The van der Waals surface area contributed by atoms with E-state index in [1.165, 1.54) is 12.1 Å². The van der Waals surface area contributed by atoms with Gasteiger partial charge in [-0.1, -0.05) is 29.8 Å². The lowest BCUT2D eigenvalue weighted by molar-refractivity contribution is 0.523. The minimum atomic E-state index is -0.445. The third-order valence-electron chi connectivity index (χ3n) is 3.39. The predicted molar refractivity (Wildman–Crippen MR) is 78.4 cm³/mol. The van der Waals surface area contributed by atoms with E-state index in [0.717, 1.165) is 16.5 Å². The van der Waals surface area contributed by atoms with Gasteiger partial charge in [0.1, 0.15) is 11.6 Å². The molecule has 3 rings (SSSR count). The molecule has 1 unspecified atom stereocenters. The summed E-state index contributed by atoms with van der Waals surface area (Å²) in [5.41, 5.74) is 8.48. The smallest absolute Gasteiger partial charge is 0.152 e. The first kappa shape index (κ1) is 13.2. The quantitative estimate of drug-likeness (QED) is 0.750. The molecule has 0 spiro atoms. The topological polar surface area (TPSA) is 39.2 Å². The van der Waals surface area contributed by atoms with Crippen LogP contribution in [0.2, 0.25) is 5.02 Å². The molecule has 0 saturated carbocycles. The number of nitrogens with two attached hydrogens (primary N) is 1. The van der Waals surface area contributed by atoms with Crippen molar-refractivity contribution < 1.29 is 8.81 Å². The van der Waals surface area contributed by atoms with Crippen molar-refractivity contribution in [1.82, 2.24) is 0 Å². The molecule has 102 valence electrons. The van der Waals surface area contributed by atoms with Crippen LogP contribution < -0.4 is 5.73 Å². The molecule has 2 N–H and O–H groups in total. The van der Waals surface area contributed by atoms with Gasteiger partial charge in [-0.25, -0.2) is 4.39 Å². The van der Waals surface area contributed by atoms with Gasteiger partial charge in [0, 0.05) is 5.39 Å². The van der Waals surface area contributed by atoms with E-state index in [1.54, 1.807) is 12.1 Å². The fourth-order valence-corrected chi connectivity index (χ4v) is 2.56. The molecule has 0 aliphatic rings. The highest BCUT2D eigenvalue weighted by atomic mass is 35.5. The molecular weight excluding hydrogens is 277 g/mol. The average Bonchev–Trinajstić information content (AvgIpc) is 2.83. The molecule has 3 aromatic rings. The summed E-state index contributed by atoms with van der Waals surface area (Å²) in [6.07, 6.45) is 0. The maximum Gasteiger partial charge on any atom is 0.152 e. The molecule has 0 fully saturated rings. The lowest BCUT2D eigenvalue weighted by atomic mass is 10.00. The summed E-state index contributed by atoms with van der Waals surface area (Å²) in [7, 11) is 0. The van der Waals surface area contributed by atoms with Gasteiger partial charge in [0.2, 0.25) is 0 Å². The van der Waals surface area contributed by atoms with E-state index in [9.17, 15) is 4.39 Å². The highest BCUT2D eigenvalue weighted by Gasteiger charge is 2.17. The maximum absolute atomic E-state index is 13.2. The molecule has 1 aromatic heterocycles. The van der Waals surface area contributed by atoms with Crippen molar-refractivity contribution in [3.8, 4) is 0 Å². The third-order valence-corrected chi connectivity index (χ3v) is 3.69. The molecule has 0 aliphatic carbocycles. The molecule has 1 atom stereocenters. The Morgan fingerprint density at radius 3 is 2.70 bits per heavy atom. The Morgan fingerprint density at radius 1 is 1.20 bits per heavy atom. The van der Waals surface area contributed by atoms with Crippen molar-refractivity contribution in [2.75, 3.05) is 0 Å². The van der Waals surface area contributed by atoms with Gasteiger partial charge in [0.15, 0.2) is 5.58 Å². The van der Waals surface area contributed by atoms with Gasteiger partial charge in [0.05, 0.1) is 11.1 Å². The zero-order valence-electron chi connectivity index (χ0n) is 10.9. The van der Waals surface area contributed by atoms with Crippen LogP contribution in [0.5, 0.6) is 0 Å². The molecule has 0 bridgehead atoms. The van der Waals surface area contributed by atoms with E-state index in [-0.39, 0.29) is 5.82 Å². The van der Waals surface area contributed by atoms with Gasteiger partial charge in [-0.15, -0.1) is 0 Å². The third kappa shape index (κ3) is 2.19. The first-order valence-corrected chi connectivity index (χ1v) is 6.63. The second-order valence-corrected chi connectivity index (χ2v) is 5.19. The molecule has 0 aliphatic heterocycles. The first-order valence-electron chi connectivity index (χ1n) is 6.26. The monoisotopic (exact) mass is 289 g/mol. The normalized spacial score (nSPS) is 12.8. The van der Waals surface area contributed by atoms with Crippen LogP contribution in [0, 0.1) is 12.7 Å². The number of aryl methyl sites for hydroxylation is 1. The van der Waals surface area contributed by atoms with E-state index < -0.39 is 6.04 Å². The van der Waals surface area contributed by atoms with E-state index in [4.69, 9.17) is 21.8 Å². The van der Waals surface area contributed by atoms with Gasteiger partial charge in [0.25, 0.3) is 0 Å². The van der Waals surface area contributed by atoms with Crippen LogP contribution in [-0.2, 0) is 0 Å². The number of furan rings is 1. The van der Waals surface area contributed by atoms with Crippen LogP contribution in [0.4, 0.5) is 4.39 Å². The molecule has 4 heteroatoms. The Balaban J connectivity index is 2.08. The van der Waals surface area contributed by atoms with Crippen LogP contribution >= 0.6 is 11.6 Å². The second kappa shape index (κ2) is 4.93. The van der Waals surface area contributed by atoms with Crippen LogP contribution in [0.3, 0.4) is 0 Å².